The Morgan fingerprint density at radius 3 is 2.70 bits per heavy atom. The van der Waals surface area contributed by atoms with Gasteiger partial charge in [0.2, 0.25) is 0 Å². The van der Waals surface area contributed by atoms with Crippen LogP contribution in [0.15, 0.2) is 0 Å². The lowest BCUT2D eigenvalue weighted by Gasteiger charge is -2.41. The van der Waals surface area contributed by atoms with Crippen molar-refractivity contribution in [2.45, 2.75) is 25.0 Å². The van der Waals surface area contributed by atoms with Crippen LogP contribution in [0.3, 0.4) is 0 Å². The number of nitrogens with two attached hydrogens (primary N) is 1. The first kappa shape index (κ1) is 6.58. The van der Waals surface area contributed by atoms with Gasteiger partial charge in [0, 0.05) is 19.1 Å². The second-order valence-electron chi connectivity index (χ2n) is 3.33. The van der Waals surface area contributed by atoms with E-state index in [1.165, 1.54) is 19.4 Å². The summed E-state index contributed by atoms with van der Waals surface area (Å²) in [6.07, 6.45) is 3.29. The van der Waals surface area contributed by atoms with Gasteiger partial charge in [-0.1, -0.05) is 0 Å². The highest BCUT2D eigenvalue weighted by molar-refractivity contribution is 4.88. The topological polar surface area (TPSA) is 41.3 Å². The Kier molecular flexibility index (Phi) is 1.64. The molecule has 3 heteroatoms. The molecule has 0 aromatic rings. The predicted octanol–water partition coefficient (Wildman–Crippen LogP) is -0.661. The van der Waals surface area contributed by atoms with Crippen molar-refractivity contribution >= 4 is 0 Å². The van der Waals surface area contributed by atoms with E-state index in [9.17, 15) is 0 Å². The molecule has 0 aliphatic carbocycles. The van der Waals surface area contributed by atoms with Gasteiger partial charge in [0.1, 0.15) is 0 Å². The molecule has 3 nitrogen and oxygen atoms in total. The summed E-state index contributed by atoms with van der Waals surface area (Å²) in [5.41, 5.74) is 5.67. The average Bonchev–Trinajstić information content (AvgIpc) is 2.31. The minimum atomic E-state index is 0.447. The van der Waals surface area contributed by atoms with Crippen LogP contribution in [-0.4, -0.2) is 36.7 Å². The van der Waals surface area contributed by atoms with E-state index in [0.29, 0.717) is 12.2 Å². The summed E-state index contributed by atoms with van der Waals surface area (Å²) >= 11 is 0. The molecule has 2 aliphatic rings. The lowest BCUT2D eigenvalue weighted by Crippen LogP contribution is -2.61. The van der Waals surface area contributed by atoms with E-state index in [2.05, 4.69) is 10.2 Å². The third-order valence-corrected chi connectivity index (χ3v) is 2.41. The van der Waals surface area contributed by atoms with E-state index in [0.717, 1.165) is 13.1 Å². The van der Waals surface area contributed by atoms with Crippen molar-refractivity contribution in [3.05, 3.63) is 0 Å². The second-order valence-corrected chi connectivity index (χ2v) is 3.33. The van der Waals surface area contributed by atoms with Gasteiger partial charge in [0.25, 0.3) is 0 Å². The lowest BCUT2D eigenvalue weighted by atomic mass is 10.1. The summed E-state index contributed by atoms with van der Waals surface area (Å²) < 4.78 is 0. The Morgan fingerprint density at radius 1 is 1.40 bits per heavy atom. The molecule has 0 amide bonds. The Hall–Kier alpha value is -0.120. The zero-order valence-corrected chi connectivity index (χ0v) is 6.21. The number of likely N-dealkylation sites (tertiary alicyclic amines) is 1. The van der Waals surface area contributed by atoms with Crippen molar-refractivity contribution < 1.29 is 0 Å². The third-order valence-electron chi connectivity index (χ3n) is 2.41. The van der Waals surface area contributed by atoms with Gasteiger partial charge >= 0.3 is 0 Å². The predicted molar refractivity (Wildman–Crippen MR) is 40.6 cm³/mol. The Balaban J connectivity index is 1.78. The monoisotopic (exact) mass is 141 g/mol. The van der Waals surface area contributed by atoms with Gasteiger partial charge in [-0.3, -0.25) is 4.90 Å². The molecule has 2 saturated heterocycles. The molecule has 3 N–H and O–H groups in total. The molecule has 1 unspecified atom stereocenters. The number of rotatable bonds is 1. The Morgan fingerprint density at radius 2 is 2.20 bits per heavy atom. The van der Waals surface area contributed by atoms with Crippen LogP contribution in [0.2, 0.25) is 0 Å². The maximum Gasteiger partial charge on any atom is 0.0598 e. The smallest absolute Gasteiger partial charge is 0.0598 e. The summed E-state index contributed by atoms with van der Waals surface area (Å²) in [4.78, 5) is 2.43. The van der Waals surface area contributed by atoms with Gasteiger partial charge in [-0.05, 0) is 19.4 Å². The van der Waals surface area contributed by atoms with E-state index in [1.807, 2.05) is 0 Å². The summed E-state index contributed by atoms with van der Waals surface area (Å²) in [6, 6.07) is 0.447. The minimum Gasteiger partial charge on any atom is -0.325 e. The van der Waals surface area contributed by atoms with Gasteiger partial charge < -0.3 is 11.1 Å². The SMILES string of the molecule is NC1CN(C2CCCN2)C1. The molecule has 2 aliphatic heterocycles. The fourth-order valence-corrected chi connectivity index (χ4v) is 1.78. The molecule has 2 heterocycles. The minimum absolute atomic E-state index is 0.447. The van der Waals surface area contributed by atoms with Gasteiger partial charge in [0.05, 0.1) is 6.17 Å². The summed E-state index contributed by atoms with van der Waals surface area (Å²) in [6.45, 7) is 3.38. The normalized spacial score (nSPS) is 36.3. The zero-order chi connectivity index (χ0) is 6.97. The van der Waals surface area contributed by atoms with E-state index in [1.54, 1.807) is 0 Å². The Bertz CT molecular complexity index is 114. The largest absolute Gasteiger partial charge is 0.325 e. The fraction of sp³-hybridized carbons (Fsp3) is 1.00. The third kappa shape index (κ3) is 1.05. The Labute approximate surface area is 61.6 Å². The van der Waals surface area contributed by atoms with Crippen molar-refractivity contribution in [3.8, 4) is 0 Å². The lowest BCUT2D eigenvalue weighted by molar-refractivity contribution is 0.0853. The van der Waals surface area contributed by atoms with Gasteiger partial charge in [-0.25, -0.2) is 0 Å². The van der Waals surface area contributed by atoms with Crippen LogP contribution in [0.1, 0.15) is 12.8 Å². The maximum atomic E-state index is 5.67. The van der Waals surface area contributed by atoms with Crippen molar-refractivity contribution in [1.82, 2.24) is 10.2 Å². The molecule has 0 aromatic carbocycles. The van der Waals surface area contributed by atoms with Crippen LogP contribution in [0.4, 0.5) is 0 Å². The van der Waals surface area contributed by atoms with Crippen molar-refractivity contribution in [2.24, 2.45) is 5.73 Å². The highest BCUT2D eigenvalue weighted by atomic mass is 15.3. The standard InChI is InChI=1S/C7H15N3/c8-6-4-10(5-6)7-2-1-3-9-7/h6-7,9H,1-5,8H2. The first-order valence-corrected chi connectivity index (χ1v) is 4.09. The molecule has 10 heavy (non-hydrogen) atoms. The molecule has 1 atom stereocenters. The first-order chi connectivity index (χ1) is 4.86. The number of nitrogens with zero attached hydrogens (tertiary/aromatic N) is 1. The maximum absolute atomic E-state index is 5.67. The first-order valence-electron chi connectivity index (χ1n) is 4.09. The van der Waals surface area contributed by atoms with E-state index in [4.69, 9.17) is 5.73 Å². The second kappa shape index (κ2) is 2.49. The van der Waals surface area contributed by atoms with Crippen molar-refractivity contribution in [2.75, 3.05) is 19.6 Å². The molecule has 58 valence electrons. The molecular weight excluding hydrogens is 126 g/mol. The summed E-state index contributed by atoms with van der Waals surface area (Å²) in [7, 11) is 0. The highest BCUT2D eigenvalue weighted by Gasteiger charge is 2.30. The molecule has 2 fully saturated rings. The number of hydrogen-bond acceptors (Lipinski definition) is 3. The highest BCUT2D eigenvalue weighted by Crippen LogP contribution is 2.15. The zero-order valence-electron chi connectivity index (χ0n) is 6.21. The fourth-order valence-electron chi connectivity index (χ4n) is 1.78. The van der Waals surface area contributed by atoms with E-state index < -0.39 is 0 Å². The van der Waals surface area contributed by atoms with E-state index in [-0.39, 0.29) is 0 Å². The van der Waals surface area contributed by atoms with Crippen LogP contribution in [-0.2, 0) is 0 Å². The summed E-state index contributed by atoms with van der Waals surface area (Å²) in [5.74, 6) is 0. The van der Waals surface area contributed by atoms with Crippen LogP contribution in [0.25, 0.3) is 0 Å². The molecule has 0 aromatic heterocycles. The number of hydrogen-bond donors (Lipinski definition) is 2. The van der Waals surface area contributed by atoms with E-state index >= 15 is 0 Å². The van der Waals surface area contributed by atoms with Gasteiger partial charge in [-0.15, -0.1) is 0 Å². The number of nitrogens with one attached hydrogen (secondary N) is 1. The van der Waals surface area contributed by atoms with Gasteiger partial charge in [-0.2, -0.15) is 0 Å². The van der Waals surface area contributed by atoms with Crippen LogP contribution >= 0.6 is 0 Å². The average molecular weight is 141 g/mol. The molecule has 0 radical (unpaired) electrons. The quantitative estimate of drug-likeness (QED) is 0.509. The van der Waals surface area contributed by atoms with Crippen LogP contribution in [0.5, 0.6) is 0 Å². The molecular formula is C7H15N3. The van der Waals surface area contributed by atoms with Crippen molar-refractivity contribution in [3.63, 3.8) is 0 Å². The van der Waals surface area contributed by atoms with Crippen molar-refractivity contribution in [1.29, 1.82) is 0 Å². The molecule has 2 rings (SSSR count). The van der Waals surface area contributed by atoms with Gasteiger partial charge in [0.15, 0.2) is 0 Å². The summed E-state index contributed by atoms with van der Waals surface area (Å²) in [5, 5.41) is 3.45. The van der Waals surface area contributed by atoms with Crippen LogP contribution < -0.4 is 11.1 Å². The molecule has 0 bridgehead atoms. The molecule has 0 spiro atoms. The van der Waals surface area contributed by atoms with Crippen LogP contribution in [0, 0.1) is 0 Å². The molecule has 0 saturated carbocycles.